The summed E-state index contributed by atoms with van der Waals surface area (Å²) in [5.74, 6) is -0.136. The normalized spacial score (nSPS) is 12.9. The van der Waals surface area contributed by atoms with Gasteiger partial charge in [0.1, 0.15) is 5.75 Å². The fourth-order valence-corrected chi connectivity index (χ4v) is 1.18. The van der Waals surface area contributed by atoms with Gasteiger partial charge in [-0.3, -0.25) is 4.79 Å². The molecule has 0 bridgehead atoms. The summed E-state index contributed by atoms with van der Waals surface area (Å²) in [5.41, 5.74) is 0.492. The number of likely N-dealkylation sites (N-methyl/N-ethyl adjacent to an activating group) is 1. The SMILES string of the molecule is CNC(C)C(=O)Nc1ccc(OCC(F)(F)F)cc1. The molecule has 0 aliphatic rings. The van der Waals surface area contributed by atoms with Crippen molar-refractivity contribution in [3.63, 3.8) is 0 Å². The summed E-state index contributed by atoms with van der Waals surface area (Å²) in [6, 6.07) is 5.33. The van der Waals surface area contributed by atoms with Gasteiger partial charge < -0.3 is 15.4 Å². The van der Waals surface area contributed by atoms with Crippen LogP contribution in [-0.4, -0.2) is 31.8 Å². The molecular weight excluding hydrogens is 261 g/mol. The van der Waals surface area contributed by atoms with Gasteiger partial charge in [-0.25, -0.2) is 0 Å². The molecule has 1 rings (SSSR count). The van der Waals surface area contributed by atoms with E-state index in [1.807, 2.05) is 0 Å². The Kier molecular flexibility index (Phi) is 5.17. The molecule has 0 fully saturated rings. The number of benzene rings is 1. The number of nitrogens with one attached hydrogen (secondary N) is 2. The van der Waals surface area contributed by atoms with Crippen LogP contribution in [0.25, 0.3) is 0 Å². The van der Waals surface area contributed by atoms with Gasteiger partial charge in [-0.1, -0.05) is 0 Å². The minimum Gasteiger partial charge on any atom is -0.484 e. The Labute approximate surface area is 108 Å². The highest BCUT2D eigenvalue weighted by Gasteiger charge is 2.28. The third-order valence-corrected chi connectivity index (χ3v) is 2.35. The van der Waals surface area contributed by atoms with Gasteiger partial charge in [-0.15, -0.1) is 0 Å². The minimum atomic E-state index is -4.37. The molecule has 0 aliphatic heterocycles. The quantitative estimate of drug-likeness (QED) is 0.866. The number of hydrogen-bond acceptors (Lipinski definition) is 3. The summed E-state index contributed by atoms with van der Waals surface area (Å²) < 4.78 is 40.3. The van der Waals surface area contributed by atoms with Crippen molar-refractivity contribution in [1.29, 1.82) is 0 Å². The van der Waals surface area contributed by atoms with Crippen molar-refractivity contribution in [3.05, 3.63) is 24.3 Å². The molecule has 1 unspecified atom stereocenters. The lowest BCUT2D eigenvalue weighted by molar-refractivity contribution is -0.153. The first-order valence-electron chi connectivity index (χ1n) is 5.59. The molecule has 0 spiro atoms. The summed E-state index contributed by atoms with van der Waals surface area (Å²) in [7, 11) is 1.65. The number of ether oxygens (including phenoxy) is 1. The standard InChI is InChI=1S/C12H15F3N2O2/c1-8(16-2)11(18)17-9-3-5-10(6-4-9)19-7-12(13,14)15/h3-6,8,16H,7H2,1-2H3,(H,17,18). The minimum absolute atomic E-state index is 0.0944. The van der Waals surface area contributed by atoms with E-state index in [1.165, 1.54) is 24.3 Å². The predicted octanol–water partition coefficient (Wildman–Crippen LogP) is 2.17. The molecule has 106 valence electrons. The highest BCUT2D eigenvalue weighted by Crippen LogP contribution is 2.20. The van der Waals surface area contributed by atoms with E-state index in [9.17, 15) is 18.0 Å². The lowest BCUT2D eigenvalue weighted by atomic mass is 10.2. The summed E-state index contributed by atoms with van der Waals surface area (Å²) in [6.45, 7) is 0.353. The molecule has 0 aromatic heterocycles. The van der Waals surface area contributed by atoms with Crippen molar-refractivity contribution in [2.45, 2.75) is 19.1 Å². The maximum atomic E-state index is 11.9. The Balaban J connectivity index is 2.54. The summed E-state index contributed by atoms with van der Waals surface area (Å²) in [6.07, 6.45) is -4.37. The molecule has 1 atom stereocenters. The number of rotatable bonds is 5. The Morgan fingerprint density at radius 3 is 2.37 bits per heavy atom. The first-order chi connectivity index (χ1) is 8.81. The highest BCUT2D eigenvalue weighted by molar-refractivity contribution is 5.94. The lowest BCUT2D eigenvalue weighted by Crippen LogP contribution is -2.35. The van der Waals surface area contributed by atoms with Gasteiger partial charge in [0.05, 0.1) is 6.04 Å². The van der Waals surface area contributed by atoms with Crippen LogP contribution in [0.1, 0.15) is 6.92 Å². The van der Waals surface area contributed by atoms with E-state index in [0.717, 1.165) is 0 Å². The number of carbonyl (C=O) groups is 1. The van der Waals surface area contributed by atoms with Crippen LogP contribution in [0.3, 0.4) is 0 Å². The monoisotopic (exact) mass is 276 g/mol. The van der Waals surface area contributed by atoms with E-state index >= 15 is 0 Å². The fourth-order valence-electron chi connectivity index (χ4n) is 1.18. The molecule has 7 heteroatoms. The van der Waals surface area contributed by atoms with Crippen molar-refractivity contribution < 1.29 is 22.7 Å². The van der Waals surface area contributed by atoms with Crippen molar-refractivity contribution in [1.82, 2.24) is 5.32 Å². The van der Waals surface area contributed by atoms with E-state index in [1.54, 1.807) is 14.0 Å². The second-order valence-electron chi connectivity index (χ2n) is 3.93. The zero-order chi connectivity index (χ0) is 14.5. The molecule has 4 nitrogen and oxygen atoms in total. The Hall–Kier alpha value is -1.76. The number of hydrogen-bond donors (Lipinski definition) is 2. The summed E-state index contributed by atoms with van der Waals surface area (Å²) in [4.78, 5) is 11.5. The van der Waals surface area contributed by atoms with Crippen LogP contribution in [0.5, 0.6) is 5.75 Å². The van der Waals surface area contributed by atoms with E-state index in [2.05, 4.69) is 15.4 Å². The van der Waals surface area contributed by atoms with Crippen LogP contribution >= 0.6 is 0 Å². The summed E-state index contributed by atoms with van der Waals surface area (Å²) in [5, 5.41) is 5.38. The van der Waals surface area contributed by atoms with Crippen molar-refractivity contribution in [2.75, 3.05) is 19.0 Å². The van der Waals surface area contributed by atoms with E-state index < -0.39 is 12.8 Å². The summed E-state index contributed by atoms with van der Waals surface area (Å²) >= 11 is 0. The van der Waals surface area contributed by atoms with Crippen LogP contribution in [0.2, 0.25) is 0 Å². The van der Waals surface area contributed by atoms with E-state index in [-0.39, 0.29) is 17.7 Å². The average molecular weight is 276 g/mol. The molecule has 0 saturated heterocycles. The molecule has 1 aromatic rings. The zero-order valence-corrected chi connectivity index (χ0v) is 10.5. The van der Waals surface area contributed by atoms with Crippen LogP contribution < -0.4 is 15.4 Å². The second kappa shape index (κ2) is 6.42. The maximum absolute atomic E-state index is 11.9. The zero-order valence-electron chi connectivity index (χ0n) is 10.5. The third kappa shape index (κ3) is 5.60. The van der Waals surface area contributed by atoms with Crippen molar-refractivity contribution in [3.8, 4) is 5.75 Å². The second-order valence-corrected chi connectivity index (χ2v) is 3.93. The maximum Gasteiger partial charge on any atom is 0.422 e. The highest BCUT2D eigenvalue weighted by atomic mass is 19.4. The van der Waals surface area contributed by atoms with Gasteiger partial charge in [0.2, 0.25) is 5.91 Å². The van der Waals surface area contributed by atoms with Gasteiger partial charge in [-0.2, -0.15) is 13.2 Å². The van der Waals surface area contributed by atoms with E-state index in [0.29, 0.717) is 5.69 Å². The Morgan fingerprint density at radius 1 is 1.32 bits per heavy atom. The molecule has 2 N–H and O–H groups in total. The van der Waals surface area contributed by atoms with Gasteiger partial charge in [0, 0.05) is 5.69 Å². The van der Waals surface area contributed by atoms with Gasteiger partial charge in [-0.05, 0) is 38.2 Å². The number of alkyl halides is 3. The first kappa shape index (κ1) is 15.3. The third-order valence-electron chi connectivity index (χ3n) is 2.35. The van der Waals surface area contributed by atoms with E-state index in [4.69, 9.17) is 0 Å². The molecule has 0 aliphatic carbocycles. The number of amides is 1. The van der Waals surface area contributed by atoms with Crippen LogP contribution in [0.4, 0.5) is 18.9 Å². The number of anilines is 1. The number of halogens is 3. The van der Waals surface area contributed by atoms with Crippen molar-refractivity contribution in [2.24, 2.45) is 0 Å². The van der Waals surface area contributed by atoms with Crippen LogP contribution in [0.15, 0.2) is 24.3 Å². The molecule has 19 heavy (non-hydrogen) atoms. The fraction of sp³-hybridized carbons (Fsp3) is 0.417. The first-order valence-corrected chi connectivity index (χ1v) is 5.59. The Morgan fingerprint density at radius 2 is 1.89 bits per heavy atom. The van der Waals surface area contributed by atoms with Crippen LogP contribution in [0, 0.1) is 0 Å². The lowest BCUT2D eigenvalue weighted by Gasteiger charge is -2.12. The Bertz CT molecular complexity index is 418. The largest absolute Gasteiger partial charge is 0.484 e. The topological polar surface area (TPSA) is 50.4 Å². The number of carbonyl (C=O) groups excluding carboxylic acids is 1. The molecule has 1 aromatic carbocycles. The van der Waals surface area contributed by atoms with Gasteiger partial charge in [0.15, 0.2) is 6.61 Å². The van der Waals surface area contributed by atoms with Crippen LogP contribution in [-0.2, 0) is 4.79 Å². The van der Waals surface area contributed by atoms with Crippen molar-refractivity contribution >= 4 is 11.6 Å². The predicted molar refractivity (Wildman–Crippen MR) is 65.1 cm³/mol. The molecule has 0 saturated carbocycles. The molecule has 1 amide bonds. The van der Waals surface area contributed by atoms with Gasteiger partial charge >= 0.3 is 6.18 Å². The molecular formula is C12H15F3N2O2. The molecule has 0 radical (unpaired) electrons. The average Bonchev–Trinajstić information content (AvgIpc) is 2.36. The van der Waals surface area contributed by atoms with Gasteiger partial charge in [0.25, 0.3) is 0 Å². The molecule has 0 heterocycles. The smallest absolute Gasteiger partial charge is 0.422 e.